The Kier molecular flexibility index (Phi) is 8.03. The molecule has 2 heterocycles. The van der Waals surface area contributed by atoms with E-state index in [9.17, 15) is 14.4 Å². The van der Waals surface area contributed by atoms with Crippen LogP contribution in [0, 0.1) is 0 Å². The Hall–Kier alpha value is -3.81. The first kappa shape index (κ1) is 24.3. The van der Waals surface area contributed by atoms with Crippen molar-refractivity contribution in [2.24, 2.45) is 5.73 Å². The van der Waals surface area contributed by atoms with Crippen LogP contribution in [-0.4, -0.2) is 38.4 Å². The summed E-state index contributed by atoms with van der Waals surface area (Å²) in [6.07, 6.45) is 12.0. The number of ketones is 1. The second kappa shape index (κ2) is 11.6. The summed E-state index contributed by atoms with van der Waals surface area (Å²) in [6.45, 7) is 0. The molecule has 0 spiro atoms. The van der Waals surface area contributed by atoms with E-state index in [0.717, 1.165) is 24.1 Å². The third kappa shape index (κ3) is 6.20. The summed E-state index contributed by atoms with van der Waals surface area (Å²) < 4.78 is 1.62. The van der Waals surface area contributed by atoms with Gasteiger partial charge < -0.3 is 11.1 Å². The number of nitrogens with zero attached hydrogens (tertiary/aromatic N) is 3. The summed E-state index contributed by atoms with van der Waals surface area (Å²) in [4.78, 5) is 41.8. The van der Waals surface area contributed by atoms with Gasteiger partial charge in [0.2, 0.25) is 5.78 Å². The first-order chi connectivity index (χ1) is 17.0. The van der Waals surface area contributed by atoms with Crippen molar-refractivity contribution in [3.05, 3.63) is 77.7 Å². The molecule has 1 atom stereocenters. The van der Waals surface area contributed by atoms with Crippen molar-refractivity contribution >= 4 is 17.6 Å². The largest absolute Gasteiger partial charge is 0.363 e. The molecule has 0 saturated heterocycles. The zero-order valence-electron chi connectivity index (χ0n) is 19.7. The predicted octanol–water partition coefficient (Wildman–Crippen LogP) is 3.49. The highest BCUT2D eigenvalue weighted by Gasteiger charge is 2.27. The molecule has 0 bridgehead atoms. The molecule has 1 saturated carbocycles. The molecular weight excluding hydrogens is 442 g/mol. The summed E-state index contributed by atoms with van der Waals surface area (Å²) >= 11 is 0. The van der Waals surface area contributed by atoms with Gasteiger partial charge in [-0.1, -0.05) is 62.4 Å². The molecule has 35 heavy (non-hydrogen) atoms. The van der Waals surface area contributed by atoms with Crippen LogP contribution in [0.3, 0.4) is 0 Å². The van der Waals surface area contributed by atoms with Crippen LogP contribution in [0.15, 0.2) is 60.9 Å². The average Bonchev–Trinajstić information content (AvgIpc) is 3.33. The van der Waals surface area contributed by atoms with E-state index in [1.54, 1.807) is 23.0 Å². The van der Waals surface area contributed by atoms with Crippen molar-refractivity contribution in [2.45, 2.75) is 63.3 Å². The van der Waals surface area contributed by atoms with Gasteiger partial charge in [0.1, 0.15) is 6.04 Å². The number of rotatable bonds is 8. The molecule has 2 aromatic heterocycles. The van der Waals surface area contributed by atoms with Gasteiger partial charge in [-0.25, -0.2) is 9.67 Å². The second-order valence-electron chi connectivity index (χ2n) is 9.05. The number of hydrogen-bond acceptors (Lipinski definition) is 5. The van der Waals surface area contributed by atoms with E-state index in [1.807, 2.05) is 42.6 Å². The monoisotopic (exact) mass is 473 g/mol. The first-order valence-corrected chi connectivity index (χ1v) is 12.2. The number of nitrogens with one attached hydrogen (secondary N) is 1. The van der Waals surface area contributed by atoms with Gasteiger partial charge in [0.25, 0.3) is 11.8 Å². The molecule has 182 valence electrons. The molecule has 2 amide bonds. The van der Waals surface area contributed by atoms with Gasteiger partial charge in [-0.2, -0.15) is 5.10 Å². The normalized spacial score (nSPS) is 15.5. The maximum absolute atomic E-state index is 13.3. The van der Waals surface area contributed by atoms with Gasteiger partial charge in [0, 0.05) is 24.7 Å². The van der Waals surface area contributed by atoms with E-state index in [4.69, 9.17) is 10.8 Å². The molecule has 1 unspecified atom stereocenters. The molecule has 1 aliphatic carbocycles. The molecule has 0 radical (unpaired) electrons. The third-order valence-corrected chi connectivity index (χ3v) is 6.53. The molecule has 1 aliphatic rings. The number of primary amides is 1. The minimum Gasteiger partial charge on any atom is -0.363 e. The molecule has 8 heteroatoms. The Morgan fingerprint density at radius 2 is 1.69 bits per heavy atom. The maximum atomic E-state index is 13.3. The van der Waals surface area contributed by atoms with E-state index < -0.39 is 23.6 Å². The van der Waals surface area contributed by atoms with Crippen molar-refractivity contribution in [3.63, 3.8) is 0 Å². The quantitative estimate of drug-likeness (QED) is 0.485. The van der Waals surface area contributed by atoms with Gasteiger partial charge in [0.05, 0.1) is 11.3 Å². The maximum Gasteiger partial charge on any atom is 0.287 e. The Morgan fingerprint density at radius 1 is 0.971 bits per heavy atom. The number of pyridine rings is 1. The topological polar surface area (TPSA) is 120 Å². The highest BCUT2D eigenvalue weighted by Crippen LogP contribution is 2.30. The summed E-state index contributed by atoms with van der Waals surface area (Å²) in [5, 5.41) is 7.45. The van der Waals surface area contributed by atoms with Crippen LogP contribution in [0.4, 0.5) is 0 Å². The molecule has 0 aliphatic heterocycles. The second-order valence-corrected chi connectivity index (χ2v) is 9.05. The van der Waals surface area contributed by atoms with Crippen LogP contribution < -0.4 is 11.1 Å². The van der Waals surface area contributed by atoms with Gasteiger partial charge >= 0.3 is 0 Å². The van der Waals surface area contributed by atoms with Crippen molar-refractivity contribution in [2.75, 3.05) is 0 Å². The lowest BCUT2D eigenvalue weighted by Crippen LogP contribution is -2.47. The molecule has 4 rings (SSSR count). The van der Waals surface area contributed by atoms with Gasteiger partial charge in [0.15, 0.2) is 5.82 Å². The van der Waals surface area contributed by atoms with Crippen LogP contribution in [0.25, 0.3) is 5.82 Å². The zero-order valence-corrected chi connectivity index (χ0v) is 19.7. The number of carbonyl (C=O) groups is 3. The van der Waals surface area contributed by atoms with Crippen molar-refractivity contribution in [1.82, 2.24) is 20.1 Å². The number of carbonyl (C=O) groups excluding carboxylic acids is 3. The summed E-state index contributed by atoms with van der Waals surface area (Å²) in [6, 6.07) is 13.3. The van der Waals surface area contributed by atoms with Crippen molar-refractivity contribution in [1.29, 1.82) is 0 Å². The minimum absolute atomic E-state index is 0.150. The lowest BCUT2D eigenvalue weighted by Gasteiger charge is -2.18. The highest BCUT2D eigenvalue weighted by atomic mass is 16.2. The van der Waals surface area contributed by atoms with E-state index >= 15 is 0 Å². The van der Waals surface area contributed by atoms with E-state index in [1.165, 1.54) is 32.1 Å². The van der Waals surface area contributed by atoms with Crippen molar-refractivity contribution in [3.8, 4) is 5.82 Å². The smallest absolute Gasteiger partial charge is 0.287 e. The van der Waals surface area contributed by atoms with Crippen LogP contribution >= 0.6 is 0 Å². The number of Topliss-reactive ketones (excluding diaryl/α,β-unsaturated/α-hetero) is 1. The van der Waals surface area contributed by atoms with E-state index in [-0.39, 0.29) is 12.0 Å². The predicted molar refractivity (Wildman–Crippen MR) is 132 cm³/mol. The molecule has 8 nitrogen and oxygen atoms in total. The standard InChI is InChI=1S/C27H31N5O3/c28-25(34)24(33)23(18-19-10-5-4-6-11-19)30-27(35)21-14-9-16-29-26(21)32-17-15-22(31-32)20-12-7-2-1-3-8-13-20/h4-6,9-11,14-17,20,23H,1-3,7-8,12-13,18H2,(H2,28,34)(H,30,35). The Balaban J connectivity index is 1.56. The van der Waals surface area contributed by atoms with Crippen LogP contribution in [0.2, 0.25) is 0 Å². The third-order valence-electron chi connectivity index (χ3n) is 6.53. The SMILES string of the molecule is NC(=O)C(=O)C(Cc1ccccc1)NC(=O)c1cccnc1-n1ccc(C2CCCCCCC2)n1. The van der Waals surface area contributed by atoms with Gasteiger partial charge in [-0.05, 0) is 36.6 Å². The number of benzene rings is 1. The minimum atomic E-state index is -1.09. The fourth-order valence-corrected chi connectivity index (χ4v) is 4.65. The number of hydrogen-bond donors (Lipinski definition) is 2. The molecule has 3 N–H and O–H groups in total. The summed E-state index contributed by atoms with van der Waals surface area (Å²) in [5.41, 5.74) is 7.32. The summed E-state index contributed by atoms with van der Waals surface area (Å²) in [7, 11) is 0. The van der Waals surface area contributed by atoms with Gasteiger partial charge in [-0.15, -0.1) is 0 Å². The molecule has 3 aromatic rings. The van der Waals surface area contributed by atoms with Crippen LogP contribution in [0.5, 0.6) is 0 Å². The fraction of sp³-hybridized carbons (Fsp3) is 0.370. The zero-order chi connectivity index (χ0) is 24.6. The fourth-order valence-electron chi connectivity index (χ4n) is 4.65. The lowest BCUT2D eigenvalue weighted by atomic mass is 9.89. The van der Waals surface area contributed by atoms with E-state index in [0.29, 0.717) is 11.7 Å². The Morgan fingerprint density at radius 3 is 2.40 bits per heavy atom. The van der Waals surface area contributed by atoms with Gasteiger partial charge in [-0.3, -0.25) is 14.4 Å². The van der Waals surface area contributed by atoms with E-state index in [2.05, 4.69) is 10.3 Å². The number of aromatic nitrogens is 3. The number of nitrogens with two attached hydrogens (primary N) is 1. The molecule has 1 fully saturated rings. The lowest BCUT2D eigenvalue weighted by molar-refractivity contribution is -0.137. The molecular formula is C27H31N5O3. The van der Waals surface area contributed by atoms with Crippen LogP contribution in [-0.2, 0) is 16.0 Å². The Bertz CT molecular complexity index is 1170. The first-order valence-electron chi connectivity index (χ1n) is 12.2. The number of amides is 2. The van der Waals surface area contributed by atoms with Crippen molar-refractivity contribution < 1.29 is 14.4 Å². The highest BCUT2D eigenvalue weighted by molar-refractivity contribution is 6.38. The van der Waals surface area contributed by atoms with Crippen LogP contribution in [0.1, 0.15) is 72.5 Å². The Labute approximate surface area is 204 Å². The summed E-state index contributed by atoms with van der Waals surface area (Å²) in [5.74, 6) is -1.69. The molecule has 1 aromatic carbocycles. The average molecular weight is 474 g/mol.